The number of nitrogens with one attached hydrogen (secondary N) is 1. The maximum atomic E-state index is 13.7. The second kappa shape index (κ2) is 7.59. The van der Waals surface area contributed by atoms with Gasteiger partial charge in [-0.25, -0.2) is 4.98 Å². The van der Waals surface area contributed by atoms with Crippen molar-refractivity contribution < 1.29 is 13.2 Å². The number of halogens is 4. The molecule has 5 rings (SSSR count). The first-order chi connectivity index (χ1) is 15.3. The molecule has 0 bridgehead atoms. The minimum absolute atomic E-state index is 0.0424. The minimum Gasteiger partial charge on any atom is -0.337 e. The van der Waals surface area contributed by atoms with Gasteiger partial charge in [0.05, 0.1) is 16.6 Å². The molecule has 0 amide bonds. The van der Waals surface area contributed by atoms with Crippen molar-refractivity contribution >= 4 is 27.0 Å². The fourth-order valence-corrected chi connectivity index (χ4v) is 4.37. The van der Waals surface area contributed by atoms with Crippen molar-refractivity contribution in [3.05, 3.63) is 77.0 Å². The van der Waals surface area contributed by atoms with E-state index in [0.717, 1.165) is 16.7 Å². The van der Waals surface area contributed by atoms with Gasteiger partial charge in [0, 0.05) is 22.6 Å². The monoisotopic (exact) mass is 497 g/mol. The lowest BCUT2D eigenvalue weighted by Gasteiger charge is -2.13. The number of nitrogens with zero attached hydrogens (tertiary/aromatic N) is 4. The average Bonchev–Trinajstić information content (AvgIpc) is 3.38. The number of aromatic nitrogens is 5. The number of imidazole rings is 1. The predicted octanol–water partition coefficient (Wildman–Crippen LogP) is 6.47. The van der Waals surface area contributed by atoms with Gasteiger partial charge in [0.15, 0.2) is 5.82 Å². The quantitative estimate of drug-likeness (QED) is 0.310. The summed E-state index contributed by atoms with van der Waals surface area (Å²) in [5.74, 6) is 0.900. The number of fused-ring (bicyclic) bond motifs is 1. The van der Waals surface area contributed by atoms with E-state index in [1.807, 2.05) is 55.6 Å². The number of hydrogen-bond acceptors (Lipinski definition) is 3. The molecular formula is C23H15BrF3N5. The Morgan fingerprint density at radius 3 is 2.38 bits per heavy atom. The molecule has 0 saturated carbocycles. The third-order valence-electron chi connectivity index (χ3n) is 5.23. The number of H-pyrrole nitrogens is 1. The highest BCUT2D eigenvalue weighted by Crippen LogP contribution is 2.42. The van der Waals surface area contributed by atoms with Crippen LogP contribution < -0.4 is 0 Å². The fourth-order valence-electron chi connectivity index (χ4n) is 3.82. The molecule has 9 heteroatoms. The SMILES string of the molecule is Cn1cnnc1-c1c(-c2ccccc2)cccc1-c1nc2ccc(Br)c(C(F)(F)F)c2[nH]1. The van der Waals surface area contributed by atoms with Crippen LogP contribution in [0.2, 0.25) is 0 Å². The maximum Gasteiger partial charge on any atom is 0.419 e. The van der Waals surface area contributed by atoms with E-state index in [0.29, 0.717) is 17.2 Å². The van der Waals surface area contributed by atoms with Crippen LogP contribution in [0.25, 0.3) is 44.9 Å². The van der Waals surface area contributed by atoms with Crippen molar-refractivity contribution in [2.75, 3.05) is 0 Å². The van der Waals surface area contributed by atoms with Crippen molar-refractivity contribution in [1.82, 2.24) is 24.7 Å². The average molecular weight is 498 g/mol. The molecule has 32 heavy (non-hydrogen) atoms. The first-order valence-corrected chi connectivity index (χ1v) is 10.4. The smallest absolute Gasteiger partial charge is 0.337 e. The molecule has 0 aliphatic heterocycles. The van der Waals surface area contributed by atoms with E-state index in [1.54, 1.807) is 17.0 Å². The summed E-state index contributed by atoms with van der Waals surface area (Å²) in [6.45, 7) is 0. The lowest BCUT2D eigenvalue weighted by atomic mass is 9.94. The Kier molecular flexibility index (Phi) is 4.85. The second-order valence-electron chi connectivity index (χ2n) is 7.26. The molecule has 3 aromatic carbocycles. The fraction of sp³-hybridized carbons (Fsp3) is 0.0870. The standard InChI is InChI=1S/C23H15BrF3N5/c1-32-12-28-31-22(32)18-14(13-6-3-2-4-7-13)8-5-9-15(18)21-29-17-11-10-16(24)19(20(17)30-21)23(25,26)27/h2-12H,1H3,(H,29,30). The summed E-state index contributed by atoms with van der Waals surface area (Å²) in [6.07, 6.45) is -2.96. The van der Waals surface area contributed by atoms with E-state index in [-0.39, 0.29) is 15.5 Å². The summed E-state index contributed by atoms with van der Waals surface area (Å²) in [5, 5.41) is 8.26. The van der Waals surface area contributed by atoms with Crippen molar-refractivity contribution in [3.8, 4) is 33.9 Å². The molecule has 0 radical (unpaired) electrons. The van der Waals surface area contributed by atoms with Crippen LogP contribution in [0.4, 0.5) is 13.2 Å². The molecule has 0 spiro atoms. The summed E-state index contributed by atoms with van der Waals surface area (Å²) in [5.41, 5.74) is 2.54. The van der Waals surface area contributed by atoms with Gasteiger partial charge in [0.25, 0.3) is 0 Å². The van der Waals surface area contributed by atoms with Gasteiger partial charge in [-0.1, -0.05) is 64.5 Å². The van der Waals surface area contributed by atoms with Gasteiger partial charge < -0.3 is 9.55 Å². The first-order valence-electron chi connectivity index (χ1n) is 9.63. The molecule has 0 saturated heterocycles. The highest BCUT2D eigenvalue weighted by molar-refractivity contribution is 9.10. The molecular weight excluding hydrogens is 483 g/mol. The Balaban J connectivity index is 1.82. The molecule has 1 N–H and O–H groups in total. The molecule has 0 aliphatic rings. The highest BCUT2D eigenvalue weighted by Gasteiger charge is 2.36. The summed E-state index contributed by atoms with van der Waals surface area (Å²) in [4.78, 5) is 7.41. The first kappa shape index (κ1) is 20.4. The van der Waals surface area contributed by atoms with E-state index in [2.05, 4.69) is 36.1 Å². The van der Waals surface area contributed by atoms with Crippen LogP contribution in [0.3, 0.4) is 0 Å². The lowest BCUT2D eigenvalue weighted by molar-refractivity contribution is -0.137. The Bertz CT molecular complexity index is 1440. The van der Waals surface area contributed by atoms with E-state index in [4.69, 9.17) is 0 Å². The molecule has 2 aromatic heterocycles. The lowest BCUT2D eigenvalue weighted by Crippen LogP contribution is -2.07. The van der Waals surface area contributed by atoms with Gasteiger partial charge in [0.2, 0.25) is 0 Å². The zero-order valence-electron chi connectivity index (χ0n) is 16.7. The van der Waals surface area contributed by atoms with E-state index >= 15 is 0 Å². The molecule has 0 aliphatic carbocycles. The van der Waals surface area contributed by atoms with Crippen LogP contribution in [-0.2, 0) is 13.2 Å². The van der Waals surface area contributed by atoms with Crippen LogP contribution in [0.15, 0.2) is 71.5 Å². The van der Waals surface area contributed by atoms with Crippen LogP contribution in [0, 0.1) is 0 Å². The summed E-state index contributed by atoms with van der Waals surface area (Å²) >= 11 is 3.03. The van der Waals surface area contributed by atoms with E-state index in [1.165, 1.54) is 6.07 Å². The van der Waals surface area contributed by atoms with Crippen LogP contribution in [0.1, 0.15) is 5.56 Å². The molecule has 0 unspecified atom stereocenters. The maximum absolute atomic E-state index is 13.7. The predicted molar refractivity (Wildman–Crippen MR) is 120 cm³/mol. The Labute approximate surface area is 189 Å². The Morgan fingerprint density at radius 1 is 0.938 bits per heavy atom. The summed E-state index contributed by atoms with van der Waals surface area (Å²) < 4.78 is 42.9. The van der Waals surface area contributed by atoms with E-state index in [9.17, 15) is 13.2 Å². The number of alkyl halides is 3. The molecule has 0 fully saturated rings. The van der Waals surface area contributed by atoms with Crippen molar-refractivity contribution in [2.45, 2.75) is 6.18 Å². The third kappa shape index (κ3) is 3.38. The number of rotatable bonds is 3. The third-order valence-corrected chi connectivity index (χ3v) is 5.89. The van der Waals surface area contributed by atoms with Gasteiger partial charge in [-0.2, -0.15) is 13.2 Å². The summed E-state index contributed by atoms with van der Waals surface area (Å²) in [6, 6.07) is 18.2. The Morgan fingerprint density at radius 2 is 1.69 bits per heavy atom. The zero-order chi connectivity index (χ0) is 22.5. The van der Waals surface area contributed by atoms with Gasteiger partial charge in [0.1, 0.15) is 12.2 Å². The van der Waals surface area contributed by atoms with Crippen LogP contribution >= 0.6 is 15.9 Å². The molecule has 0 atom stereocenters. The normalized spacial score (nSPS) is 11.9. The van der Waals surface area contributed by atoms with Gasteiger partial charge in [-0.05, 0) is 23.3 Å². The second-order valence-corrected chi connectivity index (χ2v) is 8.11. The number of benzene rings is 3. The summed E-state index contributed by atoms with van der Waals surface area (Å²) in [7, 11) is 1.82. The topological polar surface area (TPSA) is 59.4 Å². The van der Waals surface area contributed by atoms with Crippen molar-refractivity contribution in [2.24, 2.45) is 7.05 Å². The largest absolute Gasteiger partial charge is 0.419 e. The van der Waals surface area contributed by atoms with Crippen LogP contribution in [-0.4, -0.2) is 24.7 Å². The molecule has 160 valence electrons. The van der Waals surface area contributed by atoms with E-state index < -0.39 is 11.7 Å². The van der Waals surface area contributed by atoms with Crippen molar-refractivity contribution in [3.63, 3.8) is 0 Å². The minimum atomic E-state index is -4.54. The molecule has 2 heterocycles. The Hall–Kier alpha value is -3.46. The molecule has 5 aromatic rings. The highest BCUT2D eigenvalue weighted by atomic mass is 79.9. The van der Waals surface area contributed by atoms with Crippen LogP contribution in [0.5, 0.6) is 0 Å². The van der Waals surface area contributed by atoms with Crippen molar-refractivity contribution in [1.29, 1.82) is 0 Å². The van der Waals surface area contributed by atoms with Gasteiger partial charge >= 0.3 is 6.18 Å². The van der Waals surface area contributed by atoms with Gasteiger partial charge in [-0.15, -0.1) is 10.2 Å². The number of aryl methyl sites for hydroxylation is 1. The number of hydrogen-bond donors (Lipinski definition) is 1. The zero-order valence-corrected chi connectivity index (χ0v) is 18.2. The van der Waals surface area contributed by atoms with Gasteiger partial charge in [-0.3, -0.25) is 0 Å². The number of aromatic amines is 1. The molecule has 5 nitrogen and oxygen atoms in total.